The molecule has 0 aromatic rings. The molecule has 0 N–H and O–H groups in total. The summed E-state index contributed by atoms with van der Waals surface area (Å²) in [6.07, 6.45) is 0. The van der Waals surface area contributed by atoms with E-state index in [2.05, 4.69) is 26.1 Å². The lowest BCUT2D eigenvalue weighted by atomic mass is 10.9. The molecule has 7 heavy (non-hydrogen) atoms. The Morgan fingerprint density at radius 2 is 2.29 bits per heavy atom. The van der Waals surface area contributed by atoms with E-state index in [0.29, 0.717) is 11.9 Å². The van der Waals surface area contributed by atoms with E-state index in [4.69, 9.17) is 4.91 Å². The number of nitrogens with zero attached hydrogens (tertiary/aromatic N) is 1. The van der Waals surface area contributed by atoms with Crippen molar-refractivity contribution in [3.8, 4) is 0 Å². The van der Waals surface area contributed by atoms with Gasteiger partial charge in [-0.2, -0.15) is 0 Å². The molecule has 0 spiro atoms. The molecule has 5 heteroatoms. The van der Waals surface area contributed by atoms with Crippen LogP contribution in [-0.4, -0.2) is 11.9 Å². The lowest BCUT2D eigenvalue weighted by Gasteiger charge is -1.82. The summed E-state index contributed by atoms with van der Waals surface area (Å²) in [5, 5.41) is 2.80. The van der Waals surface area contributed by atoms with E-state index in [1.807, 2.05) is 0 Å². The zero-order valence-corrected chi connectivity index (χ0v) is 5.87. The van der Waals surface area contributed by atoms with E-state index in [1.54, 1.807) is 0 Å². The van der Waals surface area contributed by atoms with E-state index >= 15 is 0 Å². The van der Waals surface area contributed by atoms with Gasteiger partial charge < -0.3 is 4.84 Å². The summed E-state index contributed by atoms with van der Waals surface area (Å²) < 4.78 is 0. The first-order valence-electron chi connectivity index (χ1n) is 1.42. The molecule has 0 radical (unpaired) electrons. The molecule has 0 rings (SSSR count). The molecule has 0 saturated carbocycles. The molecule has 0 aliphatic carbocycles. The normalized spacial score (nSPS) is 6.43. The van der Waals surface area contributed by atoms with Gasteiger partial charge in [-0.05, 0) is 0 Å². The van der Waals surface area contributed by atoms with E-state index in [0.717, 1.165) is 0 Å². The summed E-state index contributed by atoms with van der Waals surface area (Å²) in [6, 6.07) is 0. The fraction of sp³-hybridized carbons (Fsp3) is 1.00. The van der Waals surface area contributed by atoms with Gasteiger partial charge in [0, 0.05) is 5.33 Å². The predicted octanol–water partition coefficient (Wildman–Crippen LogP) is 1.50. The summed E-state index contributed by atoms with van der Waals surface area (Å²) in [6.45, 7) is 0.351. The minimum Gasteiger partial charge on any atom is -0.363 e. The smallest absolute Gasteiger partial charge is 0.155 e. The SMILES string of the molecule is Cl.O=NOCCBr. The van der Waals surface area contributed by atoms with Crippen LogP contribution >= 0.6 is 28.3 Å². The summed E-state index contributed by atoms with van der Waals surface area (Å²) >= 11 is 3.03. The molecule has 3 nitrogen and oxygen atoms in total. The molecule has 0 saturated heterocycles. The number of alkyl halides is 1. The Morgan fingerprint density at radius 1 is 1.71 bits per heavy atom. The van der Waals surface area contributed by atoms with Crippen molar-refractivity contribution >= 4 is 28.3 Å². The van der Waals surface area contributed by atoms with Crippen molar-refractivity contribution in [2.45, 2.75) is 0 Å². The minimum absolute atomic E-state index is 0. The first-order valence-corrected chi connectivity index (χ1v) is 2.54. The van der Waals surface area contributed by atoms with Gasteiger partial charge in [-0.1, -0.05) is 15.9 Å². The molecule has 44 valence electrons. The Kier molecular flexibility index (Phi) is 13.8. The van der Waals surface area contributed by atoms with Crippen molar-refractivity contribution in [1.82, 2.24) is 0 Å². The van der Waals surface area contributed by atoms with Crippen LogP contribution in [0.15, 0.2) is 5.34 Å². The summed E-state index contributed by atoms with van der Waals surface area (Å²) in [7, 11) is 0. The monoisotopic (exact) mass is 189 g/mol. The Hall–Kier alpha value is 0.170. The lowest BCUT2D eigenvalue weighted by molar-refractivity contribution is 0.157. The van der Waals surface area contributed by atoms with E-state index in [-0.39, 0.29) is 12.4 Å². The standard InChI is InChI=1S/C2H4BrNO2.ClH/c3-1-2-6-4-5;/h1-2H2;1H. The highest BCUT2D eigenvalue weighted by Crippen LogP contribution is 1.79. The number of rotatable bonds is 3. The second-order valence-corrected chi connectivity index (χ2v) is 1.39. The Bertz CT molecular complexity index is 44.7. The van der Waals surface area contributed by atoms with E-state index in [9.17, 15) is 0 Å². The van der Waals surface area contributed by atoms with E-state index in [1.165, 1.54) is 0 Å². The number of hydrogen-bond acceptors (Lipinski definition) is 3. The van der Waals surface area contributed by atoms with Crippen LogP contribution in [0.5, 0.6) is 0 Å². The van der Waals surface area contributed by atoms with E-state index < -0.39 is 0 Å². The first-order chi connectivity index (χ1) is 2.91. The first kappa shape index (κ1) is 10.2. The van der Waals surface area contributed by atoms with Gasteiger partial charge >= 0.3 is 0 Å². The Balaban J connectivity index is 0. The molecule has 0 bridgehead atoms. The van der Waals surface area contributed by atoms with Crippen LogP contribution in [0.3, 0.4) is 0 Å². The highest BCUT2D eigenvalue weighted by Gasteiger charge is 1.74. The zero-order chi connectivity index (χ0) is 4.83. The second kappa shape index (κ2) is 9.48. The van der Waals surface area contributed by atoms with Gasteiger partial charge in [-0.25, -0.2) is 0 Å². The molecular weight excluding hydrogens is 185 g/mol. The minimum atomic E-state index is 0. The highest BCUT2D eigenvalue weighted by molar-refractivity contribution is 9.09. The van der Waals surface area contributed by atoms with Crippen molar-refractivity contribution in [2.75, 3.05) is 11.9 Å². The van der Waals surface area contributed by atoms with Gasteiger partial charge in [-0.15, -0.1) is 17.3 Å². The molecule has 0 amide bonds. The van der Waals surface area contributed by atoms with Crippen LogP contribution in [0, 0.1) is 4.91 Å². The average Bonchev–Trinajstić information content (AvgIpc) is 1.61. The third-order valence-corrected chi connectivity index (χ3v) is 0.545. The van der Waals surface area contributed by atoms with Gasteiger partial charge in [-0.3, -0.25) is 0 Å². The Labute approximate surface area is 55.9 Å². The molecule has 0 aromatic carbocycles. The third-order valence-electron chi connectivity index (χ3n) is 0.221. The molecule has 0 aliphatic rings. The molecule has 0 fully saturated rings. The van der Waals surface area contributed by atoms with Crippen molar-refractivity contribution in [1.29, 1.82) is 0 Å². The Morgan fingerprint density at radius 3 is 2.43 bits per heavy atom. The fourth-order valence-corrected chi connectivity index (χ4v) is 0.217. The van der Waals surface area contributed by atoms with Crippen LogP contribution in [0.1, 0.15) is 0 Å². The van der Waals surface area contributed by atoms with Crippen molar-refractivity contribution in [2.24, 2.45) is 5.34 Å². The number of hydrogen-bond donors (Lipinski definition) is 0. The largest absolute Gasteiger partial charge is 0.363 e. The zero-order valence-electron chi connectivity index (χ0n) is 3.46. The maximum atomic E-state index is 9.07. The van der Waals surface area contributed by atoms with Crippen LogP contribution in [-0.2, 0) is 4.84 Å². The lowest BCUT2D eigenvalue weighted by Crippen LogP contribution is -1.83. The van der Waals surface area contributed by atoms with Crippen molar-refractivity contribution in [3.63, 3.8) is 0 Å². The second-order valence-electron chi connectivity index (χ2n) is 0.597. The molecular formula is C2H5BrClNO2. The van der Waals surface area contributed by atoms with Crippen LogP contribution in [0.2, 0.25) is 0 Å². The van der Waals surface area contributed by atoms with Gasteiger partial charge in [0.05, 0.1) is 0 Å². The quantitative estimate of drug-likeness (QED) is 0.293. The predicted molar refractivity (Wildman–Crippen MR) is 32.8 cm³/mol. The maximum Gasteiger partial charge on any atom is 0.155 e. The molecule has 0 heterocycles. The fourth-order valence-electron chi connectivity index (χ4n) is 0.0718. The average molecular weight is 190 g/mol. The van der Waals surface area contributed by atoms with Crippen LogP contribution in [0.4, 0.5) is 0 Å². The molecule has 0 atom stereocenters. The summed E-state index contributed by atoms with van der Waals surface area (Å²) in [5.41, 5.74) is 0. The van der Waals surface area contributed by atoms with Gasteiger partial charge in [0.1, 0.15) is 6.61 Å². The highest BCUT2D eigenvalue weighted by atomic mass is 79.9. The third kappa shape index (κ3) is 10.7. The molecule has 0 unspecified atom stereocenters. The summed E-state index contributed by atoms with van der Waals surface area (Å²) in [4.78, 5) is 13.1. The molecule has 0 aromatic heterocycles. The summed E-state index contributed by atoms with van der Waals surface area (Å²) in [5.74, 6) is 0. The van der Waals surface area contributed by atoms with Crippen molar-refractivity contribution < 1.29 is 4.84 Å². The topological polar surface area (TPSA) is 38.7 Å². The van der Waals surface area contributed by atoms with Crippen LogP contribution < -0.4 is 0 Å². The van der Waals surface area contributed by atoms with Gasteiger partial charge in [0.25, 0.3) is 0 Å². The van der Waals surface area contributed by atoms with Crippen molar-refractivity contribution in [3.05, 3.63) is 4.91 Å². The van der Waals surface area contributed by atoms with Crippen LogP contribution in [0.25, 0.3) is 0 Å². The van der Waals surface area contributed by atoms with Gasteiger partial charge in [0.2, 0.25) is 0 Å². The van der Waals surface area contributed by atoms with Gasteiger partial charge in [0.15, 0.2) is 5.34 Å². The maximum absolute atomic E-state index is 9.07. The number of halogens is 2. The molecule has 0 aliphatic heterocycles.